The molecule has 7 heteroatoms. The molecule has 0 aromatic heterocycles. The maximum Gasteiger partial charge on any atom is 0.238 e. The van der Waals surface area contributed by atoms with Gasteiger partial charge in [0.2, 0.25) is 15.8 Å². The van der Waals surface area contributed by atoms with E-state index in [1.807, 2.05) is 24.3 Å². The van der Waals surface area contributed by atoms with Crippen molar-refractivity contribution in [1.82, 2.24) is 4.72 Å². The number of carbonyl (C=O) groups is 1. The Hall–Kier alpha value is -2.09. The topological polar surface area (TPSA) is 89.3 Å². The molecule has 0 radical (unpaired) electrons. The first-order valence-corrected chi connectivity index (χ1v) is 8.73. The molecule has 0 saturated carbocycles. The maximum absolute atomic E-state index is 12.6. The fourth-order valence-corrected chi connectivity index (χ4v) is 3.65. The Bertz CT molecular complexity index is 889. The third-order valence-corrected chi connectivity index (χ3v) is 5.06. The van der Waals surface area contributed by atoms with Gasteiger partial charge in [-0.2, -0.15) is 0 Å². The summed E-state index contributed by atoms with van der Waals surface area (Å²) in [4.78, 5) is 13.4. The molecular weight excluding hydrogens is 320 g/mol. The first-order valence-electron chi connectivity index (χ1n) is 6.37. The second kappa shape index (κ2) is 5.60. The van der Waals surface area contributed by atoms with Crippen molar-refractivity contribution in [3.63, 3.8) is 0 Å². The molecule has 22 heavy (non-hydrogen) atoms. The van der Waals surface area contributed by atoms with Crippen LogP contribution in [0.1, 0.15) is 15.9 Å². The van der Waals surface area contributed by atoms with E-state index in [2.05, 4.69) is 4.72 Å². The standard InChI is InChI=1S/C15H12N2O3S2/c16-22(19,20)14-8-4-2-6-11(14)15(18)12-9-10-5-1-3-7-13(10)21-17-12/h1-9,17H,(H2,16,19,20). The Morgan fingerprint density at radius 1 is 1.05 bits per heavy atom. The molecule has 0 atom stereocenters. The third-order valence-electron chi connectivity index (χ3n) is 3.17. The van der Waals surface area contributed by atoms with Crippen LogP contribution in [-0.4, -0.2) is 14.2 Å². The zero-order chi connectivity index (χ0) is 15.7. The van der Waals surface area contributed by atoms with Crippen molar-refractivity contribution in [2.45, 2.75) is 9.79 Å². The lowest BCUT2D eigenvalue weighted by atomic mass is 10.1. The van der Waals surface area contributed by atoms with E-state index < -0.39 is 15.8 Å². The van der Waals surface area contributed by atoms with E-state index >= 15 is 0 Å². The normalized spacial score (nSPS) is 13.8. The lowest BCUT2D eigenvalue weighted by molar-refractivity contribution is 0.102. The molecule has 3 rings (SSSR count). The summed E-state index contributed by atoms with van der Waals surface area (Å²) in [5, 5.41) is 5.18. The molecule has 1 aliphatic rings. The van der Waals surface area contributed by atoms with Crippen LogP contribution in [0.2, 0.25) is 0 Å². The minimum Gasteiger partial charge on any atom is -0.322 e. The molecule has 2 aromatic rings. The maximum atomic E-state index is 12.6. The molecule has 5 nitrogen and oxygen atoms in total. The van der Waals surface area contributed by atoms with Gasteiger partial charge < -0.3 is 4.72 Å². The van der Waals surface area contributed by atoms with Gasteiger partial charge in [0.25, 0.3) is 0 Å². The van der Waals surface area contributed by atoms with Gasteiger partial charge in [-0.1, -0.05) is 30.3 Å². The molecule has 0 spiro atoms. The first-order chi connectivity index (χ1) is 10.5. The van der Waals surface area contributed by atoms with E-state index in [-0.39, 0.29) is 10.5 Å². The fraction of sp³-hybridized carbons (Fsp3) is 0. The molecule has 0 amide bonds. The molecule has 0 saturated heterocycles. The van der Waals surface area contributed by atoms with Crippen molar-refractivity contribution >= 4 is 33.8 Å². The number of rotatable bonds is 3. The number of allylic oxidation sites excluding steroid dienone is 1. The minimum atomic E-state index is -3.96. The van der Waals surface area contributed by atoms with Gasteiger partial charge in [-0.3, -0.25) is 4.79 Å². The number of Topliss-reactive ketones (excluding diaryl/α,β-unsaturated/α-hetero) is 1. The fourth-order valence-electron chi connectivity index (χ4n) is 2.15. The van der Waals surface area contributed by atoms with Crippen LogP contribution in [0.3, 0.4) is 0 Å². The van der Waals surface area contributed by atoms with Crippen molar-refractivity contribution in [3.05, 3.63) is 65.4 Å². The average Bonchev–Trinajstić information content (AvgIpc) is 2.53. The van der Waals surface area contributed by atoms with Crippen LogP contribution in [0, 0.1) is 0 Å². The quantitative estimate of drug-likeness (QED) is 0.664. The summed E-state index contributed by atoms with van der Waals surface area (Å²) in [5.74, 6) is -0.411. The van der Waals surface area contributed by atoms with Gasteiger partial charge in [0, 0.05) is 10.5 Å². The highest BCUT2D eigenvalue weighted by molar-refractivity contribution is 7.97. The number of sulfonamides is 1. The minimum absolute atomic E-state index is 0.0590. The molecule has 3 N–H and O–H groups in total. The zero-order valence-electron chi connectivity index (χ0n) is 11.3. The summed E-state index contributed by atoms with van der Waals surface area (Å²) < 4.78 is 26.2. The highest BCUT2D eigenvalue weighted by Gasteiger charge is 2.23. The van der Waals surface area contributed by atoms with Gasteiger partial charge in [-0.15, -0.1) is 0 Å². The highest BCUT2D eigenvalue weighted by Crippen LogP contribution is 2.29. The van der Waals surface area contributed by atoms with Crippen molar-refractivity contribution in [2.24, 2.45) is 5.14 Å². The largest absolute Gasteiger partial charge is 0.322 e. The lowest BCUT2D eigenvalue weighted by Crippen LogP contribution is -2.21. The summed E-state index contributed by atoms with van der Waals surface area (Å²) in [5.41, 5.74) is 1.28. The van der Waals surface area contributed by atoms with Crippen LogP contribution in [0.25, 0.3) is 6.08 Å². The summed E-state index contributed by atoms with van der Waals surface area (Å²) in [6.45, 7) is 0. The molecular formula is C15H12N2O3S2. The second-order valence-corrected chi connectivity index (χ2v) is 7.05. The summed E-state index contributed by atoms with van der Waals surface area (Å²) in [6, 6.07) is 13.5. The van der Waals surface area contributed by atoms with Gasteiger partial charge in [0.1, 0.15) is 0 Å². The van der Waals surface area contributed by atoms with Crippen LogP contribution in [-0.2, 0) is 10.0 Å². The number of nitrogens with two attached hydrogens (primary N) is 1. The smallest absolute Gasteiger partial charge is 0.238 e. The molecule has 2 aromatic carbocycles. The number of nitrogens with one attached hydrogen (secondary N) is 1. The van der Waals surface area contributed by atoms with Crippen LogP contribution in [0.4, 0.5) is 0 Å². The molecule has 0 bridgehead atoms. The number of hydrogen-bond acceptors (Lipinski definition) is 5. The lowest BCUT2D eigenvalue weighted by Gasteiger charge is -2.17. The highest BCUT2D eigenvalue weighted by atomic mass is 32.2. The molecule has 112 valence electrons. The number of primary sulfonamides is 1. The van der Waals surface area contributed by atoms with E-state index in [1.165, 1.54) is 30.1 Å². The number of benzene rings is 2. The molecule has 0 aliphatic carbocycles. The number of ketones is 1. The van der Waals surface area contributed by atoms with Crippen LogP contribution in [0.15, 0.2) is 64.0 Å². The van der Waals surface area contributed by atoms with Gasteiger partial charge in [0.05, 0.1) is 10.6 Å². The van der Waals surface area contributed by atoms with Crippen LogP contribution in [0.5, 0.6) is 0 Å². The summed E-state index contributed by atoms with van der Waals surface area (Å²) in [6.07, 6.45) is 1.70. The average molecular weight is 332 g/mol. The van der Waals surface area contributed by atoms with Gasteiger partial charge >= 0.3 is 0 Å². The van der Waals surface area contributed by atoms with Crippen molar-refractivity contribution in [1.29, 1.82) is 0 Å². The third kappa shape index (κ3) is 2.78. The number of carbonyl (C=O) groups excluding carboxylic acids is 1. The summed E-state index contributed by atoms with van der Waals surface area (Å²) in [7, 11) is -3.96. The molecule has 0 fully saturated rings. The Kier molecular flexibility index (Phi) is 3.78. The van der Waals surface area contributed by atoms with E-state index in [0.717, 1.165) is 10.5 Å². The molecule has 1 aliphatic heterocycles. The number of fused-ring (bicyclic) bond motifs is 1. The van der Waals surface area contributed by atoms with Crippen LogP contribution >= 0.6 is 11.9 Å². The van der Waals surface area contributed by atoms with Crippen molar-refractivity contribution < 1.29 is 13.2 Å². The second-order valence-electron chi connectivity index (χ2n) is 4.67. The van der Waals surface area contributed by atoms with E-state index in [9.17, 15) is 13.2 Å². The Labute approximate surface area is 132 Å². The van der Waals surface area contributed by atoms with Gasteiger partial charge in [-0.05, 0) is 41.8 Å². The summed E-state index contributed by atoms with van der Waals surface area (Å²) >= 11 is 1.31. The molecule has 0 unspecified atom stereocenters. The van der Waals surface area contributed by atoms with Crippen molar-refractivity contribution in [2.75, 3.05) is 0 Å². The predicted octanol–water partition coefficient (Wildman–Crippen LogP) is 2.17. The van der Waals surface area contributed by atoms with Gasteiger partial charge in [0.15, 0.2) is 0 Å². The van der Waals surface area contributed by atoms with Crippen molar-refractivity contribution in [3.8, 4) is 0 Å². The monoisotopic (exact) mass is 332 g/mol. The van der Waals surface area contributed by atoms with E-state index in [0.29, 0.717) is 5.70 Å². The molecule has 1 heterocycles. The van der Waals surface area contributed by atoms with E-state index in [4.69, 9.17) is 5.14 Å². The zero-order valence-corrected chi connectivity index (χ0v) is 12.9. The van der Waals surface area contributed by atoms with E-state index in [1.54, 1.807) is 12.1 Å². The van der Waals surface area contributed by atoms with Gasteiger partial charge in [-0.25, -0.2) is 13.6 Å². The first kappa shape index (κ1) is 14.8. The Balaban J connectivity index is 2.06. The Morgan fingerprint density at radius 2 is 1.73 bits per heavy atom. The SMILES string of the molecule is NS(=O)(=O)c1ccccc1C(=O)C1=Cc2ccccc2SN1. The number of hydrogen-bond donors (Lipinski definition) is 2. The Morgan fingerprint density at radius 3 is 2.50 bits per heavy atom. The van der Waals surface area contributed by atoms with Crippen LogP contribution < -0.4 is 9.86 Å². The predicted molar refractivity (Wildman–Crippen MR) is 85.6 cm³/mol.